The molecular formula is C6H10O5. The Morgan fingerprint density at radius 3 is 1.91 bits per heavy atom. The van der Waals surface area contributed by atoms with Gasteiger partial charge in [-0.2, -0.15) is 0 Å². The summed E-state index contributed by atoms with van der Waals surface area (Å²) in [6.07, 6.45) is -1.47. The quantitative estimate of drug-likeness (QED) is 0.452. The van der Waals surface area contributed by atoms with Gasteiger partial charge in [-0.1, -0.05) is 0 Å². The summed E-state index contributed by atoms with van der Waals surface area (Å²) in [6, 6.07) is 0. The summed E-state index contributed by atoms with van der Waals surface area (Å²) in [7, 11) is 0. The summed E-state index contributed by atoms with van der Waals surface area (Å²) < 4.78 is 0. The summed E-state index contributed by atoms with van der Waals surface area (Å²) in [6.45, 7) is 1.92. The highest BCUT2D eigenvalue weighted by Gasteiger charge is 2.40. The van der Waals surface area contributed by atoms with E-state index in [0.29, 0.717) is 0 Å². The fourth-order valence-electron chi connectivity index (χ4n) is 0.512. The summed E-state index contributed by atoms with van der Waals surface area (Å²) in [5.41, 5.74) is -2.49. The van der Waals surface area contributed by atoms with Crippen LogP contribution in [-0.4, -0.2) is 38.8 Å². The van der Waals surface area contributed by atoms with Crippen LogP contribution in [0.25, 0.3) is 0 Å². The van der Waals surface area contributed by atoms with Crippen LogP contribution < -0.4 is 0 Å². The molecule has 0 aliphatic heterocycles. The predicted octanol–water partition coefficient (Wildman–Crippen LogP) is -1.23. The van der Waals surface area contributed by atoms with Gasteiger partial charge in [0.2, 0.25) is 11.4 Å². The number of Topliss-reactive ketones (excluding diaryl/α,β-unsaturated/α-hetero) is 1. The Balaban J connectivity index is 4.56. The van der Waals surface area contributed by atoms with E-state index < -0.39 is 23.5 Å². The van der Waals surface area contributed by atoms with Crippen LogP contribution in [-0.2, 0) is 9.59 Å². The zero-order valence-corrected chi connectivity index (χ0v) is 6.24. The second kappa shape index (κ2) is 2.98. The molecule has 0 spiro atoms. The molecule has 0 fully saturated rings. The summed E-state index contributed by atoms with van der Waals surface area (Å²) in [5.74, 6) is -2.78. The van der Waals surface area contributed by atoms with Crippen molar-refractivity contribution in [2.75, 3.05) is 0 Å². The van der Waals surface area contributed by atoms with Crippen molar-refractivity contribution in [2.45, 2.75) is 25.6 Å². The van der Waals surface area contributed by atoms with Gasteiger partial charge in [-0.25, -0.2) is 4.79 Å². The van der Waals surface area contributed by atoms with Crippen LogP contribution >= 0.6 is 0 Å². The lowest BCUT2D eigenvalue weighted by Gasteiger charge is -2.17. The molecular weight excluding hydrogens is 152 g/mol. The number of rotatable bonds is 3. The van der Waals surface area contributed by atoms with Crippen molar-refractivity contribution in [1.29, 1.82) is 0 Å². The average molecular weight is 162 g/mol. The van der Waals surface area contributed by atoms with Gasteiger partial charge in [-0.3, -0.25) is 4.79 Å². The van der Waals surface area contributed by atoms with E-state index in [2.05, 4.69) is 0 Å². The van der Waals surface area contributed by atoms with Gasteiger partial charge in [0.25, 0.3) is 0 Å². The van der Waals surface area contributed by atoms with Gasteiger partial charge in [0.15, 0.2) is 0 Å². The number of ketones is 1. The zero-order valence-electron chi connectivity index (χ0n) is 6.24. The molecule has 5 nitrogen and oxygen atoms in total. The van der Waals surface area contributed by atoms with Gasteiger partial charge >= 0.3 is 5.97 Å². The number of carboxylic acids is 1. The third kappa shape index (κ3) is 1.99. The van der Waals surface area contributed by atoms with Gasteiger partial charge in [0.05, 0.1) is 0 Å². The van der Waals surface area contributed by atoms with Crippen LogP contribution in [0.15, 0.2) is 0 Å². The number of aliphatic carboxylic acids is 1. The minimum atomic E-state index is -2.49. The SMILES string of the molecule is CC(O)C(=O)C(C)(O)C(=O)O. The standard InChI is InChI=1S/C6H10O5/c1-3(7)4(8)6(2,11)5(9)10/h3,7,11H,1-2H3,(H,9,10). The van der Waals surface area contributed by atoms with E-state index >= 15 is 0 Å². The van der Waals surface area contributed by atoms with Crippen molar-refractivity contribution < 1.29 is 24.9 Å². The number of carbonyl (C=O) groups is 2. The molecule has 5 heteroatoms. The van der Waals surface area contributed by atoms with E-state index in [1.807, 2.05) is 0 Å². The minimum absolute atomic E-state index is 0.824. The third-order valence-corrected chi connectivity index (χ3v) is 1.28. The Hall–Kier alpha value is -0.940. The number of carbonyl (C=O) groups excluding carboxylic acids is 1. The highest BCUT2D eigenvalue weighted by Crippen LogP contribution is 2.07. The van der Waals surface area contributed by atoms with E-state index in [9.17, 15) is 9.59 Å². The molecule has 2 atom stereocenters. The Morgan fingerprint density at radius 1 is 1.45 bits per heavy atom. The molecule has 0 aromatic heterocycles. The minimum Gasteiger partial charge on any atom is -0.479 e. The van der Waals surface area contributed by atoms with Crippen LogP contribution in [0.1, 0.15) is 13.8 Å². The maximum atomic E-state index is 10.7. The molecule has 0 radical (unpaired) electrons. The van der Waals surface area contributed by atoms with Crippen molar-refractivity contribution in [3.05, 3.63) is 0 Å². The third-order valence-electron chi connectivity index (χ3n) is 1.28. The average Bonchev–Trinajstić information content (AvgIpc) is 1.85. The first-order valence-corrected chi connectivity index (χ1v) is 2.98. The van der Waals surface area contributed by atoms with Crippen molar-refractivity contribution in [2.24, 2.45) is 0 Å². The maximum absolute atomic E-state index is 10.7. The molecule has 0 aromatic rings. The van der Waals surface area contributed by atoms with E-state index in [-0.39, 0.29) is 0 Å². The fraction of sp³-hybridized carbons (Fsp3) is 0.667. The molecule has 2 unspecified atom stereocenters. The molecule has 3 N–H and O–H groups in total. The lowest BCUT2D eigenvalue weighted by Crippen LogP contribution is -2.48. The van der Waals surface area contributed by atoms with Crippen LogP contribution in [0.4, 0.5) is 0 Å². The molecule has 0 bridgehead atoms. The Morgan fingerprint density at radius 2 is 1.82 bits per heavy atom. The Bertz CT molecular complexity index is 181. The number of hydrogen-bond donors (Lipinski definition) is 3. The highest BCUT2D eigenvalue weighted by atomic mass is 16.4. The number of hydrogen-bond acceptors (Lipinski definition) is 4. The number of carboxylic acid groups (broad SMARTS) is 1. The molecule has 11 heavy (non-hydrogen) atoms. The number of aliphatic hydroxyl groups excluding tert-OH is 1. The molecule has 0 saturated heterocycles. The highest BCUT2D eigenvalue weighted by molar-refractivity contribution is 6.07. The van der Waals surface area contributed by atoms with Crippen molar-refractivity contribution >= 4 is 11.8 Å². The summed E-state index contributed by atoms with van der Waals surface area (Å²) >= 11 is 0. The van der Waals surface area contributed by atoms with Crippen LogP contribution in [0.3, 0.4) is 0 Å². The summed E-state index contributed by atoms with van der Waals surface area (Å²) in [5, 5.41) is 25.8. The van der Waals surface area contributed by atoms with Gasteiger partial charge < -0.3 is 15.3 Å². The number of aliphatic hydroxyl groups is 2. The zero-order chi connectivity index (χ0) is 9.23. The van der Waals surface area contributed by atoms with Gasteiger partial charge in [-0.05, 0) is 13.8 Å². The van der Waals surface area contributed by atoms with Gasteiger partial charge in [-0.15, -0.1) is 0 Å². The molecule has 0 aliphatic carbocycles. The van der Waals surface area contributed by atoms with Gasteiger partial charge in [0, 0.05) is 0 Å². The second-order valence-electron chi connectivity index (χ2n) is 2.42. The molecule has 0 rings (SSSR count). The lowest BCUT2D eigenvalue weighted by atomic mass is 9.98. The van der Waals surface area contributed by atoms with Crippen LogP contribution in [0.5, 0.6) is 0 Å². The van der Waals surface area contributed by atoms with E-state index in [4.69, 9.17) is 15.3 Å². The lowest BCUT2D eigenvalue weighted by molar-refractivity contribution is -0.166. The van der Waals surface area contributed by atoms with Crippen molar-refractivity contribution in [3.8, 4) is 0 Å². The molecule has 0 aliphatic rings. The molecule has 0 saturated carbocycles. The Kier molecular flexibility index (Phi) is 2.72. The van der Waals surface area contributed by atoms with Gasteiger partial charge in [0.1, 0.15) is 6.10 Å². The topological polar surface area (TPSA) is 94.8 Å². The molecule has 0 aromatic carbocycles. The van der Waals surface area contributed by atoms with Crippen LogP contribution in [0, 0.1) is 0 Å². The first-order valence-electron chi connectivity index (χ1n) is 2.98. The van der Waals surface area contributed by atoms with Crippen LogP contribution in [0.2, 0.25) is 0 Å². The van der Waals surface area contributed by atoms with E-state index in [1.165, 1.54) is 0 Å². The predicted molar refractivity (Wildman–Crippen MR) is 34.9 cm³/mol. The van der Waals surface area contributed by atoms with Crippen molar-refractivity contribution in [1.82, 2.24) is 0 Å². The van der Waals surface area contributed by atoms with E-state index in [0.717, 1.165) is 13.8 Å². The monoisotopic (exact) mass is 162 g/mol. The normalized spacial score (nSPS) is 18.5. The largest absolute Gasteiger partial charge is 0.479 e. The van der Waals surface area contributed by atoms with Crippen molar-refractivity contribution in [3.63, 3.8) is 0 Å². The first-order chi connectivity index (χ1) is 4.80. The first kappa shape index (κ1) is 10.1. The molecule has 0 heterocycles. The maximum Gasteiger partial charge on any atom is 0.343 e. The second-order valence-corrected chi connectivity index (χ2v) is 2.42. The molecule has 0 amide bonds. The molecule has 64 valence electrons. The Labute approximate surface area is 63.3 Å². The van der Waals surface area contributed by atoms with E-state index in [1.54, 1.807) is 0 Å². The smallest absolute Gasteiger partial charge is 0.343 e. The summed E-state index contributed by atoms with van der Waals surface area (Å²) in [4.78, 5) is 20.9. The fourth-order valence-corrected chi connectivity index (χ4v) is 0.512.